The Kier molecular flexibility index (Phi) is 5.02. The third-order valence-corrected chi connectivity index (χ3v) is 5.18. The van der Waals surface area contributed by atoms with Crippen LogP contribution < -0.4 is 16.4 Å². The maximum absolute atomic E-state index is 13.1. The molecule has 0 unspecified atom stereocenters. The van der Waals surface area contributed by atoms with Crippen molar-refractivity contribution in [3.8, 4) is 0 Å². The van der Waals surface area contributed by atoms with Crippen molar-refractivity contribution < 1.29 is 4.79 Å². The van der Waals surface area contributed by atoms with E-state index in [1.165, 1.54) is 15.3 Å². The van der Waals surface area contributed by atoms with Crippen molar-refractivity contribution in [3.63, 3.8) is 0 Å². The fourth-order valence-corrected chi connectivity index (χ4v) is 3.63. The molecule has 2 aromatic carbocycles. The van der Waals surface area contributed by atoms with Gasteiger partial charge in [0.1, 0.15) is 5.82 Å². The van der Waals surface area contributed by atoms with Crippen LogP contribution in [0.3, 0.4) is 0 Å². The van der Waals surface area contributed by atoms with Crippen LogP contribution in [0.2, 0.25) is 0 Å². The number of hydrogen-bond acceptors (Lipinski definition) is 6. The molecule has 5 rings (SSSR count). The van der Waals surface area contributed by atoms with Gasteiger partial charge in [-0.3, -0.25) is 19.5 Å². The molecule has 0 saturated carbocycles. The summed E-state index contributed by atoms with van der Waals surface area (Å²) in [6, 6.07) is 17.7. The monoisotopic (exact) mass is 441 g/mol. The van der Waals surface area contributed by atoms with Gasteiger partial charge < -0.3 is 5.32 Å². The van der Waals surface area contributed by atoms with Crippen LogP contribution in [0, 0.1) is 6.92 Å². The minimum atomic E-state index is -0.468. The molecule has 2 N–H and O–H groups in total. The molecular weight excluding hydrogens is 422 g/mol. The third-order valence-electron chi connectivity index (χ3n) is 5.18. The Morgan fingerprint density at radius 3 is 2.52 bits per heavy atom. The summed E-state index contributed by atoms with van der Waals surface area (Å²) in [5, 5.41) is 10.8. The Balaban J connectivity index is 1.47. The zero-order valence-corrected chi connectivity index (χ0v) is 17.6. The first-order chi connectivity index (χ1) is 16.0. The summed E-state index contributed by atoms with van der Waals surface area (Å²) in [5.74, 6) is 0.120. The van der Waals surface area contributed by atoms with E-state index in [4.69, 9.17) is 0 Å². The van der Waals surface area contributed by atoms with Gasteiger partial charge in [-0.05, 0) is 18.6 Å². The highest BCUT2D eigenvalue weighted by atomic mass is 16.2. The van der Waals surface area contributed by atoms with E-state index in [-0.39, 0.29) is 35.7 Å². The summed E-state index contributed by atoms with van der Waals surface area (Å²) < 4.78 is 2.50. The van der Waals surface area contributed by atoms with Crippen molar-refractivity contribution in [1.29, 1.82) is 0 Å². The zero-order valence-electron chi connectivity index (χ0n) is 17.6. The summed E-state index contributed by atoms with van der Waals surface area (Å²) >= 11 is 0. The van der Waals surface area contributed by atoms with Crippen molar-refractivity contribution in [1.82, 2.24) is 34.7 Å². The summed E-state index contributed by atoms with van der Waals surface area (Å²) in [7, 11) is 0. The molecule has 3 aromatic heterocycles. The first-order valence-electron chi connectivity index (χ1n) is 10.3. The minimum absolute atomic E-state index is 0.0223. The van der Waals surface area contributed by atoms with Crippen molar-refractivity contribution in [2.24, 2.45) is 0 Å². The predicted molar refractivity (Wildman–Crippen MR) is 121 cm³/mol. The van der Waals surface area contributed by atoms with Crippen molar-refractivity contribution in [2.45, 2.75) is 20.0 Å². The lowest BCUT2D eigenvalue weighted by atomic mass is 10.1. The third kappa shape index (κ3) is 3.89. The molecule has 0 fully saturated rings. The highest BCUT2D eigenvalue weighted by Gasteiger charge is 2.17. The quantitative estimate of drug-likeness (QED) is 0.425. The van der Waals surface area contributed by atoms with Crippen molar-refractivity contribution in [3.05, 3.63) is 104 Å². The average molecular weight is 441 g/mol. The number of H-pyrrole nitrogens is 1. The number of nitrogens with one attached hydrogen (secondary N) is 2. The van der Waals surface area contributed by atoms with Gasteiger partial charge in [0, 0.05) is 17.1 Å². The number of carbonyl (C=O) groups is 1. The maximum Gasteiger partial charge on any atom is 0.274 e. The van der Waals surface area contributed by atoms with Gasteiger partial charge >= 0.3 is 0 Å². The first-order valence-corrected chi connectivity index (χ1v) is 10.3. The molecule has 0 aliphatic rings. The summed E-state index contributed by atoms with van der Waals surface area (Å²) in [5.41, 5.74) is 1.01. The molecule has 0 aliphatic heterocycles. The van der Waals surface area contributed by atoms with Crippen molar-refractivity contribution in [2.75, 3.05) is 0 Å². The lowest BCUT2D eigenvalue weighted by Gasteiger charge is -2.11. The first kappa shape index (κ1) is 20.3. The second kappa shape index (κ2) is 8.15. The van der Waals surface area contributed by atoms with Gasteiger partial charge in [-0.1, -0.05) is 48.5 Å². The molecule has 5 aromatic rings. The van der Waals surface area contributed by atoms with Gasteiger partial charge in [0.25, 0.3) is 22.8 Å². The van der Waals surface area contributed by atoms with E-state index in [2.05, 4.69) is 25.5 Å². The number of aromatic amines is 1. The maximum atomic E-state index is 13.1. The van der Waals surface area contributed by atoms with Crippen LogP contribution in [0.5, 0.6) is 0 Å². The van der Waals surface area contributed by atoms with Crippen LogP contribution in [0.15, 0.2) is 70.3 Å². The minimum Gasteiger partial charge on any atom is -0.343 e. The number of amides is 1. The molecule has 1 amide bonds. The van der Waals surface area contributed by atoms with E-state index in [0.717, 1.165) is 5.56 Å². The molecule has 0 radical (unpaired) electrons. The molecule has 10 nitrogen and oxygen atoms in total. The molecule has 0 bridgehead atoms. The number of aromatic nitrogens is 6. The van der Waals surface area contributed by atoms with Crippen LogP contribution >= 0.6 is 0 Å². The van der Waals surface area contributed by atoms with Gasteiger partial charge in [0.2, 0.25) is 0 Å². The van der Waals surface area contributed by atoms with E-state index in [1.807, 2.05) is 30.3 Å². The largest absolute Gasteiger partial charge is 0.343 e. The van der Waals surface area contributed by atoms with E-state index in [9.17, 15) is 14.4 Å². The Hall–Kier alpha value is -4.60. The molecule has 0 aliphatic carbocycles. The van der Waals surface area contributed by atoms with Gasteiger partial charge in [-0.25, -0.2) is 9.67 Å². The molecule has 0 saturated heterocycles. The summed E-state index contributed by atoms with van der Waals surface area (Å²) in [6.45, 7) is 1.97. The topological polar surface area (TPSA) is 127 Å². The van der Waals surface area contributed by atoms with Crippen LogP contribution in [-0.2, 0) is 13.1 Å². The van der Waals surface area contributed by atoms with E-state index < -0.39 is 5.91 Å². The highest BCUT2D eigenvalue weighted by molar-refractivity contribution is 6.04. The second-order valence-corrected chi connectivity index (χ2v) is 7.57. The molecule has 164 valence electrons. The molecule has 0 atom stereocenters. The van der Waals surface area contributed by atoms with E-state index in [0.29, 0.717) is 22.3 Å². The Bertz CT molecular complexity index is 1620. The van der Waals surface area contributed by atoms with Crippen LogP contribution in [0.4, 0.5) is 0 Å². The Labute approximate surface area is 186 Å². The van der Waals surface area contributed by atoms with Gasteiger partial charge in [0.05, 0.1) is 18.5 Å². The molecule has 33 heavy (non-hydrogen) atoms. The second-order valence-electron chi connectivity index (χ2n) is 7.57. The smallest absolute Gasteiger partial charge is 0.274 e. The number of aryl methyl sites for hydroxylation is 1. The molecule has 10 heteroatoms. The normalized spacial score (nSPS) is 11.2. The average Bonchev–Trinajstić information content (AvgIpc) is 3.23. The van der Waals surface area contributed by atoms with E-state index >= 15 is 0 Å². The van der Waals surface area contributed by atoms with Crippen LogP contribution in [-0.4, -0.2) is 35.3 Å². The van der Waals surface area contributed by atoms with Crippen molar-refractivity contribution >= 4 is 22.5 Å². The number of fused-ring (bicyclic) bond motifs is 2. The number of carbonyl (C=O) groups excluding carboxylic acids is 1. The lowest BCUT2D eigenvalue weighted by molar-refractivity contribution is 0.0944. The number of benzene rings is 2. The fraction of sp³-hybridized carbons (Fsp3) is 0.130. The number of hydrogen-bond donors (Lipinski definition) is 2. The molecule has 0 spiro atoms. The van der Waals surface area contributed by atoms with Gasteiger partial charge in [0.15, 0.2) is 5.69 Å². The zero-order chi connectivity index (χ0) is 22.9. The highest BCUT2D eigenvalue weighted by Crippen LogP contribution is 2.14. The Morgan fingerprint density at radius 1 is 1.00 bits per heavy atom. The molecular formula is C23H19N7O3. The Morgan fingerprint density at radius 2 is 1.73 bits per heavy atom. The van der Waals surface area contributed by atoms with Crippen LogP contribution in [0.1, 0.15) is 27.6 Å². The molecule has 3 heterocycles. The SMILES string of the molecule is Cc1cc(=O)n2[nH]c(CNC(=O)c3nn(Cc4ccccc4)c(=O)c4ccccc34)nc2n1. The van der Waals surface area contributed by atoms with E-state index in [1.54, 1.807) is 31.2 Å². The standard InChI is InChI=1S/C23H19N7O3/c1-14-11-19(31)30-23(25-14)26-18(27-30)12-24-21(32)20-16-9-5-6-10-17(16)22(33)29(28-20)13-15-7-3-2-4-8-15/h2-11H,12-13H2,1H3,(H,24,32)(H,25,26,27). The van der Waals surface area contributed by atoms with Gasteiger partial charge in [-0.15, -0.1) is 0 Å². The lowest BCUT2D eigenvalue weighted by Crippen LogP contribution is -2.31. The fourth-order valence-electron chi connectivity index (χ4n) is 3.63. The predicted octanol–water partition coefficient (Wildman–Crippen LogP) is 1.41. The summed E-state index contributed by atoms with van der Waals surface area (Å²) in [4.78, 5) is 46.5. The van der Waals surface area contributed by atoms with Crippen LogP contribution in [0.25, 0.3) is 16.6 Å². The summed E-state index contributed by atoms with van der Waals surface area (Å²) in [6.07, 6.45) is 0. The number of nitrogens with zero attached hydrogens (tertiary/aromatic N) is 5. The van der Waals surface area contributed by atoms with Gasteiger partial charge in [-0.2, -0.15) is 14.6 Å². The number of rotatable bonds is 5.